The number of aryl methyl sites for hydroxylation is 2. The van der Waals surface area contributed by atoms with Crippen LogP contribution in [0.2, 0.25) is 5.02 Å². The molecule has 29 heavy (non-hydrogen) atoms. The minimum atomic E-state index is 0.775. The molecule has 0 atom stereocenters. The number of benzene rings is 2. The fourth-order valence-corrected chi connectivity index (χ4v) is 6.34. The maximum Gasteiger partial charge on any atom is 0.186 e. The number of halogens is 1. The van der Waals surface area contributed by atoms with Crippen LogP contribution in [0, 0.1) is 13.8 Å². The van der Waals surface area contributed by atoms with Crippen molar-refractivity contribution in [3.05, 3.63) is 40.4 Å². The van der Waals surface area contributed by atoms with E-state index in [4.69, 9.17) is 26.3 Å². The van der Waals surface area contributed by atoms with Crippen molar-refractivity contribution < 1.29 is 4.74 Å². The van der Waals surface area contributed by atoms with Crippen molar-refractivity contribution >= 4 is 65.0 Å². The molecule has 3 heterocycles. The monoisotopic (exact) mass is 444 g/mol. The van der Waals surface area contributed by atoms with Crippen LogP contribution in [0.25, 0.3) is 20.4 Å². The van der Waals surface area contributed by atoms with Gasteiger partial charge < -0.3 is 14.5 Å². The Hall–Kier alpha value is -2.09. The summed E-state index contributed by atoms with van der Waals surface area (Å²) in [5, 5.41) is 2.92. The van der Waals surface area contributed by atoms with Gasteiger partial charge in [0.2, 0.25) is 0 Å². The Bertz CT molecular complexity index is 1210. The third-order valence-corrected chi connectivity index (χ3v) is 7.90. The smallest absolute Gasteiger partial charge is 0.186 e. The number of nitrogens with zero attached hydrogens (tertiary/aromatic N) is 4. The Kier molecular flexibility index (Phi) is 4.76. The van der Waals surface area contributed by atoms with Crippen LogP contribution in [0.3, 0.4) is 0 Å². The fraction of sp³-hybridized carbons (Fsp3) is 0.333. The van der Waals surface area contributed by atoms with Crippen molar-refractivity contribution in [2.75, 3.05) is 43.1 Å². The van der Waals surface area contributed by atoms with Crippen LogP contribution in [0.15, 0.2) is 24.3 Å². The van der Waals surface area contributed by atoms with Gasteiger partial charge >= 0.3 is 0 Å². The van der Waals surface area contributed by atoms with E-state index in [1.54, 1.807) is 29.8 Å². The van der Waals surface area contributed by atoms with Crippen LogP contribution < -0.4 is 14.5 Å². The first-order valence-electron chi connectivity index (χ1n) is 9.54. The molecule has 0 unspecified atom stereocenters. The molecular formula is C21H21ClN4OS2. The summed E-state index contributed by atoms with van der Waals surface area (Å²) in [7, 11) is 1.70. The van der Waals surface area contributed by atoms with E-state index in [0.29, 0.717) is 0 Å². The molecule has 0 amide bonds. The van der Waals surface area contributed by atoms with Crippen LogP contribution in [-0.4, -0.2) is 43.3 Å². The number of ether oxygens (including phenoxy) is 1. The minimum absolute atomic E-state index is 0.775. The number of aromatic nitrogens is 2. The van der Waals surface area contributed by atoms with Crippen molar-refractivity contribution in [1.82, 2.24) is 9.97 Å². The van der Waals surface area contributed by atoms with E-state index >= 15 is 0 Å². The zero-order valence-electron chi connectivity index (χ0n) is 16.5. The van der Waals surface area contributed by atoms with Crippen LogP contribution >= 0.6 is 34.3 Å². The Morgan fingerprint density at radius 1 is 0.897 bits per heavy atom. The van der Waals surface area contributed by atoms with Gasteiger partial charge in [-0.2, -0.15) is 0 Å². The summed E-state index contributed by atoms with van der Waals surface area (Å²) in [6.07, 6.45) is 0. The van der Waals surface area contributed by atoms with Gasteiger partial charge in [0.05, 0.1) is 22.0 Å². The average molecular weight is 445 g/mol. The second kappa shape index (κ2) is 7.31. The molecule has 2 aromatic heterocycles. The van der Waals surface area contributed by atoms with Gasteiger partial charge in [0.25, 0.3) is 0 Å². The number of rotatable bonds is 3. The molecule has 1 fully saturated rings. The first kappa shape index (κ1) is 18.9. The lowest BCUT2D eigenvalue weighted by Crippen LogP contribution is -2.46. The SMILES string of the molecule is COc1ccc(C)c2sc(N3CCN(c4nc5c(C)cc(Cl)cc5s4)CC3)nc12. The quantitative estimate of drug-likeness (QED) is 0.416. The van der Waals surface area contributed by atoms with E-state index in [-0.39, 0.29) is 0 Å². The highest BCUT2D eigenvalue weighted by atomic mass is 35.5. The van der Waals surface area contributed by atoms with Crippen molar-refractivity contribution in [3.63, 3.8) is 0 Å². The number of hydrogen-bond donors (Lipinski definition) is 0. The Labute approximate surface area is 182 Å². The van der Waals surface area contributed by atoms with Crippen molar-refractivity contribution in [2.45, 2.75) is 13.8 Å². The molecule has 5 nitrogen and oxygen atoms in total. The Balaban J connectivity index is 1.37. The second-order valence-electron chi connectivity index (χ2n) is 7.30. The highest BCUT2D eigenvalue weighted by Crippen LogP contribution is 2.37. The largest absolute Gasteiger partial charge is 0.494 e. The molecule has 1 aliphatic heterocycles. The lowest BCUT2D eigenvalue weighted by molar-refractivity contribution is 0.419. The molecule has 0 N–H and O–H groups in total. The van der Waals surface area contributed by atoms with Crippen molar-refractivity contribution in [2.24, 2.45) is 0 Å². The number of piperazine rings is 1. The average Bonchev–Trinajstić information content (AvgIpc) is 3.34. The molecule has 2 aromatic carbocycles. The molecule has 0 spiro atoms. The number of hydrogen-bond acceptors (Lipinski definition) is 7. The van der Waals surface area contributed by atoms with Gasteiger partial charge in [-0.05, 0) is 43.2 Å². The van der Waals surface area contributed by atoms with Crippen molar-refractivity contribution in [1.29, 1.82) is 0 Å². The molecule has 0 saturated carbocycles. The highest BCUT2D eigenvalue weighted by Gasteiger charge is 2.23. The number of fused-ring (bicyclic) bond motifs is 2. The van der Waals surface area contributed by atoms with Gasteiger partial charge in [-0.25, -0.2) is 9.97 Å². The maximum absolute atomic E-state index is 6.22. The van der Waals surface area contributed by atoms with Gasteiger partial charge in [-0.15, -0.1) is 0 Å². The third-order valence-electron chi connectivity index (χ3n) is 5.37. The predicted molar refractivity (Wildman–Crippen MR) is 125 cm³/mol. The topological polar surface area (TPSA) is 41.5 Å². The Morgan fingerprint density at radius 3 is 2.24 bits per heavy atom. The fourth-order valence-electron chi connectivity index (χ4n) is 3.77. The summed E-state index contributed by atoms with van der Waals surface area (Å²) in [6.45, 7) is 7.91. The number of methoxy groups -OCH3 is 1. The zero-order chi connectivity index (χ0) is 20.1. The molecule has 8 heteroatoms. The molecule has 0 radical (unpaired) electrons. The second-order valence-corrected chi connectivity index (χ2v) is 9.72. The molecule has 0 aliphatic carbocycles. The predicted octanol–water partition coefficient (Wildman–Crippen LogP) is 5.51. The van der Waals surface area contributed by atoms with Crippen LogP contribution in [0.5, 0.6) is 5.75 Å². The van der Waals surface area contributed by atoms with Gasteiger partial charge in [-0.3, -0.25) is 0 Å². The standard InChI is InChI=1S/C21H21ClN4OS2/c1-12-4-5-15(27-3)18-19(12)29-21(24-18)26-8-6-25(7-9-26)20-23-17-13(2)10-14(22)11-16(17)28-20/h4-5,10-11H,6-9H2,1-3H3. The van der Waals surface area contributed by atoms with Gasteiger partial charge in [0.15, 0.2) is 10.3 Å². The van der Waals surface area contributed by atoms with Crippen LogP contribution in [0.4, 0.5) is 10.3 Å². The van der Waals surface area contributed by atoms with E-state index in [9.17, 15) is 0 Å². The lowest BCUT2D eigenvalue weighted by Gasteiger charge is -2.34. The van der Waals surface area contributed by atoms with Crippen LogP contribution in [0.1, 0.15) is 11.1 Å². The van der Waals surface area contributed by atoms with Crippen LogP contribution in [-0.2, 0) is 0 Å². The van der Waals surface area contributed by atoms with E-state index in [1.807, 2.05) is 18.2 Å². The molecule has 0 bridgehead atoms. The summed E-state index contributed by atoms with van der Waals surface area (Å²) in [6, 6.07) is 8.09. The summed E-state index contributed by atoms with van der Waals surface area (Å²) in [5.74, 6) is 0.843. The number of thiazole rings is 2. The Morgan fingerprint density at radius 2 is 1.55 bits per heavy atom. The summed E-state index contributed by atoms with van der Waals surface area (Å²) in [5.41, 5.74) is 4.40. The first-order chi connectivity index (χ1) is 14.0. The van der Waals surface area contributed by atoms with Gasteiger partial charge in [0, 0.05) is 31.2 Å². The first-order valence-corrected chi connectivity index (χ1v) is 11.6. The van der Waals surface area contributed by atoms with Gasteiger partial charge in [-0.1, -0.05) is 40.3 Å². The molecule has 150 valence electrons. The molecule has 5 rings (SSSR count). The lowest BCUT2D eigenvalue weighted by atomic mass is 10.2. The van der Waals surface area contributed by atoms with E-state index in [1.165, 1.54) is 10.3 Å². The molecule has 1 aliphatic rings. The summed E-state index contributed by atoms with van der Waals surface area (Å²) < 4.78 is 7.87. The highest BCUT2D eigenvalue weighted by molar-refractivity contribution is 7.22. The molecule has 4 aromatic rings. The molecule has 1 saturated heterocycles. The van der Waals surface area contributed by atoms with E-state index in [0.717, 1.165) is 68.5 Å². The summed E-state index contributed by atoms with van der Waals surface area (Å²) in [4.78, 5) is 14.5. The zero-order valence-corrected chi connectivity index (χ0v) is 18.9. The third kappa shape index (κ3) is 3.31. The summed E-state index contributed by atoms with van der Waals surface area (Å²) >= 11 is 9.69. The normalized spacial score (nSPS) is 14.9. The van der Waals surface area contributed by atoms with E-state index < -0.39 is 0 Å². The number of anilines is 2. The van der Waals surface area contributed by atoms with E-state index in [2.05, 4.69) is 29.7 Å². The molecular weight excluding hydrogens is 424 g/mol. The van der Waals surface area contributed by atoms with Gasteiger partial charge in [0.1, 0.15) is 11.3 Å². The minimum Gasteiger partial charge on any atom is -0.494 e. The maximum atomic E-state index is 6.22. The van der Waals surface area contributed by atoms with Crippen molar-refractivity contribution in [3.8, 4) is 5.75 Å².